The lowest BCUT2D eigenvalue weighted by atomic mass is 10.0. The van der Waals surface area contributed by atoms with Crippen molar-refractivity contribution in [3.05, 3.63) is 40.3 Å². The third-order valence-electron chi connectivity index (χ3n) is 5.32. The van der Waals surface area contributed by atoms with Gasteiger partial charge in [-0.05, 0) is 44.9 Å². The van der Waals surface area contributed by atoms with Crippen molar-refractivity contribution < 1.29 is 26.9 Å². The number of hydrogen-bond acceptors (Lipinski definition) is 7. The number of ether oxygens (including phenoxy) is 1. The number of benzene rings is 1. The number of morpholine rings is 1. The Morgan fingerprint density at radius 1 is 1.10 bits per heavy atom. The molecule has 1 N–H and O–H groups in total. The van der Waals surface area contributed by atoms with E-state index in [1.54, 1.807) is 25.7 Å². The topological polar surface area (TPSA) is 115 Å². The molecule has 0 aliphatic carbocycles. The zero-order valence-electron chi connectivity index (χ0n) is 17.2. The Morgan fingerprint density at radius 3 is 2.43 bits per heavy atom. The molecule has 2 aromatic heterocycles. The highest BCUT2D eigenvalue weighted by Gasteiger charge is 2.30. The molecule has 1 fully saturated rings. The minimum Gasteiger partial charge on any atom is -0.449 e. The predicted octanol–water partition coefficient (Wildman–Crippen LogP) is 2.93. The lowest BCUT2D eigenvalue weighted by Crippen LogP contribution is -2.40. The van der Waals surface area contributed by atoms with Gasteiger partial charge in [0.1, 0.15) is 10.7 Å². The van der Waals surface area contributed by atoms with Crippen molar-refractivity contribution in [2.24, 2.45) is 0 Å². The summed E-state index contributed by atoms with van der Waals surface area (Å²) in [6.45, 7) is 8.81. The second kappa shape index (κ2) is 7.44. The van der Waals surface area contributed by atoms with Crippen LogP contribution in [0, 0.1) is 27.7 Å². The van der Waals surface area contributed by atoms with E-state index in [4.69, 9.17) is 13.7 Å². The summed E-state index contributed by atoms with van der Waals surface area (Å²) in [6.07, 6.45) is 0. The van der Waals surface area contributed by atoms with E-state index < -0.39 is 10.0 Å². The molecule has 3 aromatic rings. The number of nitrogens with zero attached hydrogens (tertiary/aromatic N) is 2. The summed E-state index contributed by atoms with van der Waals surface area (Å²) < 4.78 is 45.0. The van der Waals surface area contributed by atoms with E-state index in [0.717, 1.165) is 5.56 Å². The number of carbonyl (C=O) groups is 1. The quantitative estimate of drug-likeness (QED) is 0.673. The predicted molar refractivity (Wildman–Crippen MR) is 109 cm³/mol. The minimum atomic E-state index is -4.04. The van der Waals surface area contributed by atoms with Crippen LogP contribution in [-0.4, -0.2) is 50.7 Å². The molecule has 1 amide bonds. The first-order chi connectivity index (χ1) is 14.2. The molecule has 0 radical (unpaired) electrons. The first kappa shape index (κ1) is 20.4. The molecule has 0 bridgehead atoms. The minimum absolute atomic E-state index is 0.0118. The molecule has 4 rings (SSSR count). The number of anilines is 1. The van der Waals surface area contributed by atoms with E-state index in [0.29, 0.717) is 48.6 Å². The molecule has 1 saturated heterocycles. The summed E-state index contributed by atoms with van der Waals surface area (Å²) in [5.41, 5.74) is 2.07. The summed E-state index contributed by atoms with van der Waals surface area (Å²) >= 11 is 0. The van der Waals surface area contributed by atoms with Crippen molar-refractivity contribution in [3.8, 4) is 0 Å². The highest BCUT2D eigenvalue weighted by Crippen LogP contribution is 2.36. The van der Waals surface area contributed by atoms with Gasteiger partial charge in [-0.25, -0.2) is 8.42 Å². The van der Waals surface area contributed by atoms with Gasteiger partial charge in [-0.2, -0.15) is 0 Å². The zero-order valence-corrected chi connectivity index (χ0v) is 18.1. The summed E-state index contributed by atoms with van der Waals surface area (Å²) in [7, 11) is -4.04. The Hall–Kier alpha value is -2.85. The van der Waals surface area contributed by atoms with E-state index in [-0.39, 0.29) is 28.0 Å². The first-order valence-electron chi connectivity index (χ1n) is 9.55. The van der Waals surface area contributed by atoms with E-state index in [9.17, 15) is 13.2 Å². The number of furan rings is 1. The maximum Gasteiger partial charge on any atom is 0.290 e. The van der Waals surface area contributed by atoms with Gasteiger partial charge in [-0.3, -0.25) is 9.52 Å². The number of amides is 1. The molecule has 0 spiro atoms. The van der Waals surface area contributed by atoms with Gasteiger partial charge in [0.25, 0.3) is 15.9 Å². The van der Waals surface area contributed by atoms with Crippen molar-refractivity contribution in [2.45, 2.75) is 32.6 Å². The molecule has 1 aromatic carbocycles. The molecule has 1 aliphatic rings. The number of aryl methyl sites for hydroxylation is 3. The van der Waals surface area contributed by atoms with Crippen molar-refractivity contribution in [1.82, 2.24) is 10.1 Å². The van der Waals surface area contributed by atoms with Crippen LogP contribution in [0.1, 0.15) is 33.0 Å². The first-order valence-corrected chi connectivity index (χ1v) is 11.0. The van der Waals surface area contributed by atoms with Gasteiger partial charge in [0.05, 0.1) is 13.2 Å². The molecule has 10 heteroatoms. The van der Waals surface area contributed by atoms with Crippen molar-refractivity contribution in [2.75, 3.05) is 31.0 Å². The fraction of sp³-hybridized carbons (Fsp3) is 0.400. The maximum absolute atomic E-state index is 13.2. The Balaban J connectivity index is 1.85. The van der Waals surface area contributed by atoms with Crippen molar-refractivity contribution in [3.63, 3.8) is 0 Å². The normalized spacial score (nSPS) is 15.0. The Labute approximate surface area is 174 Å². The maximum atomic E-state index is 13.2. The molecule has 0 saturated carbocycles. The number of aromatic nitrogens is 1. The number of rotatable bonds is 4. The monoisotopic (exact) mass is 433 g/mol. The average molecular weight is 433 g/mol. The molecule has 30 heavy (non-hydrogen) atoms. The fourth-order valence-electron chi connectivity index (χ4n) is 3.58. The smallest absolute Gasteiger partial charge is 0.290 e. The second-order valence-electron chi connectivity index (χ2n) is 7.41. The fourth-order valence-corrected chi connectivity index (χ4v) is 5.02. The van der Waals surface area contributed by atoms with Crippen LogP contribution < -0.4 is 4.72 Å². The number of nitrogens with one attached hydrogen (secondary N) is 1. The van der Waals surface area contributed by atoms with E-state index >= 15 is 0 Å². The third kappa shape index (κ3) is 3.46. The lowest BCUT2D eigenvalue weighted by Gasteiger charge is -2.26. The van der Waals surface area contributed by atoms with Crippen LogP contribution >= 0.6 is 0 Å². The molecular weight excluding hydrogens is 410 g/mol. The molecule has 160 valence electrons. The molecule has 0 atom stereocenters. The van der Waals surface area contributed by atoms with Crippen LogP contribution in [0.25, 0.3) is 11.0 Å². The van der Waals surface area contributed by atoms with Crippen LogP contribution in [0.15, 0.2) is 26.0 Å². The average Bonchev–Trinajstić information content (AvgIpc) is 3.25. The summed E-state index contributed by atoms with van der Waals surface area (Å²) in [6, 6.07) is 3.33. The van der Waals surface area contributed by atoms with Gasteiger partial charge in [0, 0.05) is 30.1 Å². The van der Waals surface area contributed by atoms with Gasteiger partial charge < -0.3 is 18.6 Å². The van der Waals surface area contributed by atoms with Crippen LogP contribution in [0.5, 0.6) is 0 Å². The second-order valence-corrected chi connectivity index (χ2v) is 9.03. The largest absolute Gasteiger partial charge is 0.449 e. The van der Waals surface area contributed by atoms with Crippen LogP contribution in [0.2, 0.25) is 0 Å². The van der Waals surface area contributed by atoms with E-state index in [1.807, 2.05) is 13.0 Å². The van der Waals surface area contributed by atoms with E-state index in [1.165, 1.54) is 6.07 Å². The van der Waals surface area contributed by atoms with Gasteiger partial charge in [-0.1, -0.05) is 5.16 Å². The summed E-state index contributed by atoms with van der Waals surface area (Å²) in [4.78, 5) is 14.6. The van der Waals surface area contributed by atoms with Gasteiger partial charge in [-0.15, -0.1) is 0 Å². The molecule has 3 heterocycles. The number of fused-ring (bicyclic) bond motifs is 1. The van der Waals surface area contributed by atoms with Crippen LogP contribution in [-0.2, 0) is 14.8 Å². The van der Waals surface area contributed by atoms with Crippen LogP contribution in [0.4, 0.5) is 5.82 Å². The standard InChI is InChI=1S/C20H23N3O6S/c1-11-9-15-14(4)17(20(24)23-5-7-27-8-6-23)28-18(15)19(13(11)3)30(25,26)22-16-10-12(2)29-21-16/h9-10H,5-8H2,1-4H3,(H,21,22). The highest BCUT2D eigenvalue weighted by atomic mass is 32.2. The molecule has 0 unspecified atom stereocenters. The number of hydrogen-bond donors (Lipinski definition) is 1. The van der Waals surface area contributed by atoms with Gasteiger partial charge >= 0.3 is 0 Å². The Kier molecular flexibility index (Phi) is 5.07. The molecular formula is C20H23N3O6S. The van der Waals surface area contributed by atoms with Crippen molar-refractivity contribution in [1.29, 1.82) is 0 Å². The third-order valence-corrected chi connectivity index (χ3v) is 6.83. The Morgan fingerprint density at radius 2 is 1.80 bits per heavy atom. The Bertz CT molecular complexity index is 1240. The molecule has 1 aliphatic heterocycles. The van der Waals surface area contributed by atoms with Crippen LogP contribution in [0.3, 0.4) is 0 Å². The summed E-state index contributed by atoms with van der Waals surface area (Å²) in [5, 5.41) is 4.29. The summed E-state index contributed by atoms with van der Waals surface area (Å²) in [5.74, 6) is 0.428. The number of sulfonamides is 1. The van der Waals surface area contributed by atoms with Gasteiger partial charge in [0.15, 0.2) is 17.2 Å². The zero-order chi connectivity index (χ0) is 21.6. The van der Waals surface area contributed by atoms with Crippen molar-refractivity contribution >= 4 is 32.7 Å². The SMILES string of the molecule is Cc1cc(NS(=O)(=O)c2c(C)c(C)cc3c(C)c(C(=O)N4CCOCC4)oc23)no1. The molecule has 9 nitrogen and oxygen atoms in total. The number of carbonyl (C=O) groups excluding carboxylic acids is 1. The van der Waals surface area contributed by atoms with Gasteiger partial charge in [0.2, 0.25) is 0 Å². The lowest BCUT2D eigenvalue weighted by molar-refractivity contribution is 0.0283. The van der Waals surface area contributed by atoms with E-state index in [2.05, 4.69) is 9.88 Å². The highest BCUT2D eigenvalue weighted by molar-refractivity contribution is 7.93.